The first kappa shape index (κ1) is 17.8. The van der Waals surface area contributed by atoms with Crippen LogP contribution < -0.4 is 10.0 Å². The van der Waals surface area contributed by atoms with Gasteiger partial charge in [-0.15, -0.1) is 0 Å². The fraction of sp³-hybridized carbons (Fsp3) is 0.214. The summed E-state index contributed by atoms with van der Waals surface area (Å²) in [6.07, 6.45) is 0. The van der Waals surface area contributed by atoms with Crippen LogP contribution >= 0.6 is 23.2 Å². The van der Waals surface area contributed by atoms with Crippen LogP contribution in [0.4, 0.5) is 0 Å². The van der Waals surface area contributed by atoms with Crippen molar-refractivity contribution in [2.45, 2.75) is 12.3 Å². The number of rotatable bonds is 6. The number of nitrogens with one attached hydrogen (secondary N) is 3. The van der Waals surface area contributed by atoms with Crippen molar-refractivity contribution in [2.24, 2.45) is 0 Å². The zero-order valence-corrected chi connectivity index (χ0v) is 14.5. The van der Waals surface area contributed by atoms with Crippen LogP contribution in [-0.4, -0.2) is 26.4 Å². The molecule has 0 aliphatic rings. The van der Waals surface area contributed by atoms with Gasteiger partial charge in [-0.25, -0.2) is 13.1 Å². The number of amides is 1. The van der Waals surface area contributed by atoms with E-state index >= 15 is 0 Å². The molecule has 9 heteroatoms. The number of carbonyl (C=O) groups is 1. The van der Waals surface area contributed by atoms with E-state index < -0.39 is 10.0 Å². The standard InChI is InChI=1S/C14H15Cl2N3O3S/c1-17-23(21,22)8-10-5-3-2-4-9(10)7-18-14(20)12-6-11(15)13(16)19-12/h2-6,17,19H,7-8H2,1H3,(H,18,20). The molecule has 6 nitrogen and oxygen atoms in total. The maximum atomic E-state index is 12.0. The number of halogens is 2. The lowest BCUT2D eigenvalue weighted by molar-refractivity contribution is 0.0946. The summed E-state index contributed by atoms with van der Waals surface area (Å²) in [5, 5.41) is 3.15. The van der Waals surface area contributed by atoms with Gasteiger partial charge in [-0.2, -0.15) is 0 Å². The molecule has 1 aromatic carbocycles. The quantitative estimate of drug-likeness (QED) is 0.723. The van der Waals surface area contributed by atoms with Gasteiger partial charge in [0.1, 0.15) is 10.8 Å². The fourth-order valence-corrected chi connectivity index (χ4v) is 3.09. The Morgan fingerprint density at radius 3 is 2.43 bits per heavy atom. The molecular formula is C14H15Cl2N3O3S. The Bertz CT molecular complexity index is 799. The third kappa shape index (κ3) is 4.71. The first-order valence-corrected chi connectivity index (χ1v) is 9.03. The second kappa shape index (κ2) is 7.35. The normalized spacial score (nSPS) is 11.4. The van der Waals surface area contributed by atoms with E-state index in [0.717, 1.165) is 0 Å². The average Bonchev–Trinajstić information content (AvgIpc) is 2.85. The first-order chi connectivity index (χ1) is 10.8. The van der Waals surface area contributed by atoms with E-state index in [0.29, 0.717) is 11.1 Å². The predicted molar refractivity (Wildman–Crippen MR) is 90.1 cm³/mol. The monoisotopic (exact) mass is 375 g/mol. The Hall–Kier alpha value is -1.54. The van der Waals surface area contributed by atoms with Gasteiger partial charge in [-0.3, -0.25) is 4.79 Å². The summed E-state index contributed by atoms with van der Waals surface area (Å²) in [5.41, 5.74) is 1.56. The van der Waals surface area contributed by atoms with E-state index in [4.69, 9.17) is 23.2 Å². The van der Waals surface area contributed by atoms with E-state index in [1.165, 1.54) is 13.1 Å². The smallest absolute Gasteiger partial charge is 0.268 e. The number of aromatic nitrogens is 1. The summed E-state index contributed by atoms with van der Waals surface area (Å²) in [7, 11) is -2.03. The molecule has 2 aromatic rings. The van der Waals surface area contributed by atoms with Crippen LogP contribution in [0.1, 0.15) is 21.6 Å². The third-order valence-electron chi connectivity index (χ3n) is 3.18. The Kier molecular flexibility index (Phi) is 5.69. The average molecular weight is 376 g/mol. The molecule has 0 saturated carbocycles. The number of H-pyrrole nitrogens is 1. The van der Waals surface area contributed by atoms with Gasteiger partial charge < -0.3 is 10.3 Å². The van der Waals surface area contributed by atoms with Crippen molar-refractivity contribution in [3.63, 3.8) is 0 Å². The van der Waals surface area contributed by atoms with Crippen molar-refractivity contribution < 1.29 is 13.2 Å². The number of benzene rings is 1. The summed E-state index contributed by atoms with van der Waals surface area (Å²) in [5.74, 6) is -0.541. The lowest BCUT2D eigenvalue weighted by atomic mass is 10.1. The lowest BCUT2D eigenvalue weighted by Gasteiger charge is -2.10. The van der Waals surface area contributed by atoms with E-state index in [9.17, 15) is 13.2 Å². The number of carbonyl (C=O) groups excluding carboxylic acids is 1. The van der Waals surface area contributed by atoms with Gasteiger partial charge in [0.25, 0.3) is 5.91 Å². The van der Waals surface area contributed by atoms with Crippen molar-refractivity contribution >= 4 is 39.1 Å². The molecule has 0 aliphatic carbocycles. The van der Waals surface area contributed by atoms with Crippen LogP contribution in [0.2, 0.25) is 10.2 Å². The zero-order valence-electron chi connectivity index (χ0n) is 12.2. The molecule has 23 heavy (non-hydrogen) atoms. The predicted octanol–water partition coefficient (Wildman–Crippen LogP) is 2.30. The van der Waals surface area contributed by atoms with Crippen LogP contribution in [0, 0.1) is 0 Å². The van der Waals surface area contributed by atoms with Gasteiger partial charge in [0.15, 0.2) is 0 Å². The van der Waals surface area contributed by atoms with Crippen LogP contribution in [0.25, 0.3) is 0 Å². The van der Waals surface area contributed by atoms with Crippen molar-refractivity contribution in [2.75, 3.05) is 7.05 Å². The molecule has 2 rings (SSSR count). The summed E-state index contributed by atoms with van der Waals surface area (Å²) in [4.78, 5) is 14.7. The van der Waals surface area contributed by atoms with Gasteiger partial charge in [-0.1, -0.05) is 47.5 Å². The van der Waals surface area contributed by atoms with Crippen LogP contribution in [0.3, 0.4) is 0 Å². The summed E-state index contributed by atoms with van der Waals surface area (Å²) < 4.78 is 25.6. The number of sulfonamides is 1. The Morgan fingerprint density at radius 2 is 1.87 bits per heavy atom. The van der Waals surface area contributed by atoms with Gasteiger partial charge in [0, 0.05) is 6.54 Å². The summed E-state index contributed by atoms with van der Waals surface area (Å²) >= 11 is 11.6. The number of hydrogen-bond donors (Lipinski definition) is 3. The van der Waals surface area contributed by atoms with Gasteiger partial charge in [-0.05, 0) is 24.2 Å². The highest BCUT2D eigenvalue weighted by atomic mass is 35.5. The van der Waals surface area contributed by atoms with Crippen LogP contribution in [-0.2, 0) is 22.3 Å². The Balaban J connectivity index is 2.10. The Morgan fingerprint density at radius 1 is 1.22 bits per heavy atom. The number of hydrogen-bond acceptors (Lipinski definition) is 3. The minimum Gasteiger partial charge on any atom is -0.347 e. The Labute approximate surface area is 144 Å². The maximum absolute atomic E-state index is 12.0. The molecule has 124 valence electrons. The fourth-order valence-electron chi connectivity index (χ4n) is 1.94. The van der Waals surface area contributed by atoms with E-state index in [2.05, 4.69) is 15.0 Å². The van der Waals surface area contributed by atoms with Crippen molar-refractivity contribution in [1.82, 2.24) is 15.0 Å². The lowest BCUT2D eigenvalue weighted by Crippen LogP contribution is -2.25. The maximum Gasteiger partial charge on any atom is 0.268 e. The van der Waals surface area contributed by atoms with Crippen molar-refractivity contribution in [1.29, 1.82) is 0 Å². The van der Waals surface area contributed by atoms with E-state index in [-0.39, 0.29) is 34.1 Å². The molecule has 0 unspecified atom stereocenters. The van der Waals surface area contributed by atoms with Gasteiger partial charge in [0.05, 0.1) is 10.8 Å². The highest BCUT2D eigenvalue weighted by molar-refractivity contribution is 7.88. The van der Waals surface area contributed by atoms with Crippen molar-refractivity contribution in [3.8, 4) is 0 Å². The molecule has 0 bridgehead atoms. The zero-order chi connectivity index (χ0) is 17.0. The van der Waals surface area contributed by atoms with E-state index in [1.807, 2.05) is 0 Å². The summed E-state index contributed by atoms with van der Waals surface area (Å²) in [6.45, 7) is 0.183. The topological polar surface area (TPSA) is 91.1 Å². The molecule has 1 amide bonds. The number of aromatic amines is 1. The summed E-state index contributed by atoms with van der Waals surface area (Å²) in [6, 6.07) is 8.42. The molecule has 0 fully saturated rings. The van der Waals surface area contributed by atoms with E-state index in [1.54, 1.807) is 24.3 Å². The molecular weight excluding hydrogens is 361 g/mol. The molecule has 0 spiro atoms. The molecule has 1 aromatic heterocycles. The minimum atomic E-state index is -3.39. The molecule has 0 saturated heterocycles. The SMILES string of the molecule is CNS(=O)(=O)Cc1ccccc1CNC(=O)c1cc(Cl)c(Cl)[nH]1. The molecule has 0 aliphatic heterocycles. The molecule has 0 radical (unpaired) electrons. The highest BCUT2D eigenvalue weighted by Crippen LogP contribution is 2.21. The first-order valence-electron chi connectivity index (χ1n) is 6.62. The van der Waals surface area contributed by atoms with Crippen LogP contribution in [0.5, 0.6) is 0 Å². The third-order valence-corrected chi connectivity index (χ3v) is 5.19. The molecule has 0 atom stereocenters. The van der Waals surface area contributed by atoms with Crippen LogP contribution in [0.15, 0.2) is 30.3 Å². The van der Waals surface area contributed by atoms with Crippen molar-refractivity contribution in [3.05, 3.63) is 57.3 Å². The van der Waals surface area contributed by atoms with Gasteiger partial charge in [0.2, 0.25) is 10.0 Å². The minimum absolute atomic E-state index is 0.157. The van der Waals surface area contributed by atoms with Gasteiger partial charge >= 0.3 is 0 Å². The molecule has 1 heterocycles. The largest absolute Gasteiger partial charge is 0.347 e. The second-order valence-electron chi connectivity index (χ2n) is 4.76. The molecule has 3 N–H and O–H groups in total. The second-order valence-corrected chi connectivity index (χ2v) is 7.47. The highest BCUT2D eigenvalue weighted by Gasteiger charge is 2.14.